The molecule has 0 aliphatic carbocycles. The fourth-order valence-corrected chi connectivity index (χ4v) is 6.40. The molecule has 40 heavy (non-hydrogen) atoms. The molecule has 2 N–H and O–H groups in total. The third-order valence-electron chi connectivity index (χ3n) is 8.24. The second kappa shape index (κ2) is 9.00. The Labute approximate surface area is 229 Å². The topological polar surface area (TPSA) is 79.1 Å². The lowest BCUT2D eigenvalue weighted by Gasteiger charge is -2.35. The number of terminal acetylenes is 1. The van der Waals surface area contributed by atoms with Crippen molar-refractivity contribution in [2.75, 3.05) is 18.0 Å². The Kier molecular flexibility index (Phi) is 5.51. The summed E-state index contributed by atoms with van der Waals surface area (Å²) in [5.41, 5.74) is 2.22. The van der Waals surface area contributed by atoms with Crippen molar-refractivity contribution < 1.29 is 13.9 Å². The molecule has 0 radical (unpaired) electrons. The van der Waals surface area contributed by atoms with Gasteiger partial charge < -0.3 is 15.3 Å². The highest BCUT2D eigenvalue weighted by molar-refractivity contribution is 6.04. The van der Waals surface area contributed by atoms with Crippen LogP contribution in [0.2, 0.25) is 0 Å². The van der Waals surface area contributed by atoms with Crippen LogP contribution in [-0.2, 0) is 7.05 Å². The standard InChI is InChI=1S/C31H26F2N6O/c1-4-21-24(32)8-5-17-11-20(40)12-22(27(17)21)30-28(33)26-16(2)29(25-9-10-35-38(25)3)37-31(23(26)13-34-30)39-14-18-6-7-19(15-39)36-18/h1,5,8-13,18-19,36,40H,6-7,14-15H2,2-3H3. The third-order valence-corrected chi connectivity index (χ3v) is 8.24. The summed E-state index contributed by atoms with van der Waals surface area (Å²) in [7, 11) is 1.83. The van der Waals surface area contributed by atoms with Crippen LogP contribution >= 0.6 is 0 Å². The molecule has 7 nitrogen and oxygen atoms in total. The van der Waals surface area contributed by atoms with Crippen molar-refractivity contribution in [1.29, 1.82) is 0 Å². The maximum Gasteiger partial charge on any atom is 0.157 e. The Hall–Kier alpha value is -4.55. The highest BCUT2D eigenvalue weighted by Crippen LogP contribution is 2.41. The van der Waals surface area contributed by atoms with E-state index in [1.807, 2.05) is 20.0 Å². The van der Waals surface area contributed by atoms with Gasteiger partial charge in [0.25, 0.3) is 0 Å². The van der Waals surface area contributed by atoms with Crippen LogP contribution < -0.4 is 10.2 Å². The van der Waals surface area contributed by atoms with E-state index >= 15 is 4.39 Å². The van der Waals surface area contributed by atoms with Gasteiger partial charge in [-0.15, -0.1) is 6.42 Å². The Morgan fingerprint density at radius 2 is 1.85 bits per heavy atom. The zero-order chi connectivity index (χ0) is 27.7. The summed E-state index contributed by atoms with van der Waals surface area (Å²) in [5, 5.41) is 20.2. The number of rotatable bonds is 3. The van der Waals surface area contributed by atoms with Crippen molar-refractivity contribution in [1.82, 2.24) is 25.1 Å². The molecule has 0 spiro atoms. The number of hydrogen-bond acceptors (Lipinski definition) is 6. The molecule has 9 heteroatoms. The van der Waals surface area contributed by atoms with Gasteiger partial charge in [-0.1, -0.05) is 12.0 Å². The number of anilines is 1. The minimum Gasteiger partial charge on any atom is -0.508 e. The van der Waals surface area contributed by atoms with Crippen molar-refractivity contribution in [2.45, 2.75) is 31.8 Å². The molecule has 3 aromatic heterocycles. The molecule has 5 aromatic rings. The van der Waals surface area contributed by atoms with Crippen LogP contribution in [0.4, 0.5) is 14.6 Å². The molecule has 2 bridgehead atoms. The number of halogens is 2. The molecule has 200 valence electrons. The maximum atomic E-state index is 16.9. The average Bonchev–Trinajstić information content (AvgIpc) is 3.52. The smallest absolute Gasteiger partial charge is 0.157 e. The van der Waals surface area contributed by atoms with Crippen LogP contribution in [0, 0.1) is 30.9 Å². The summed E-state index contributed by atoms with van der Waals surface area (Å²) >= 11 is 0. The highest BCUT2D eigenvalue weighted by Gasteiger charge is 2.34. The summed E-state index contributed by atoms with van der Waals surface area (Å²) in [5.74, 6) is 1.78. The first-order chi connectivity index (χ1) is 19.3. The van der Waals surface area contributed by atoms with Crippen LogP contribution in [0.25, 0.3) is 44.2 Å². The Bertz CT molecular complexity index is 1880. The SMILES string of the molecule is C#Cc1c(F)ccc2cc(O)cc(-c3ncc4c(N5CC6CCC(C5)N6)nc(-c5ccnn5C)c(C)c4c3F)c12. The molecule has 2 aliphatic rings. The van der Waals surface area contributed by atoms with Gasteiger partial charge in [-0.2, -0.15) is 5.10 Å². The second-order valence-electron chi connectivity index (χ2n) is 10.7. The summed E-state index contributed by atoms with van der Waals surface area (Å²) in [6.07, 6.45) is 11.2. The number of piperazine rings is 1. The second-order valence-corrected chi connectivity index (χ2v) is 10.7. The molecule has 2 unspecified atom stereocenters. The molecule has 2 saturated heterocycles. The lowest BCUT2D eigenvalue weighted by Crippen LogP contribution is -2.51. The van der Waals surface area contributed by atoms with Crippen molar-refractivity contribution in [3.63, 3.8) is 0 Å². The number of phenolic OH excluding ortho intramolecular Hbond substituents is 1. The molecular formula is C31H26F2N6O. The van der Waals surface area contributed by atoms with Crippen LogP contribution in [0.3, 0.4) is 0 Å². The van der Waals surface area contributed by atoms with Gasteiger partial charge in [0.2, 0.25) is 0 Å². The monoisotopic (exact) mass is 536 g/mol. The number of aromatic nitrogens is 4. The van der Waals surface area contributed by atoms with Crippen molar-refractivity contribution in [2.24, 2.45) is 7.05 Å². The highest BCUT2D eigenvalue weighted by atomic mass is 19.1. The van der Waals surface area contributed by atoms with Gasteiger partial charge in [-0.25, -0.2) is 13.8 Å². The molecule has 2 aliphatic heterocycles. The molecular weight excluding hydrogens is 510 g/mol. The predicted molar refractivity (Wildman–Crippen MR) is 151 cm³/mol. The van der Waals surface area contributed by atoms with Crippen LogP contribution in [0.1, 0.15) is 24.0 Å². The van der Waals surface area contributed by atoms with Crippen LogP contribution in [0.15, 0.2) is 42.7 Å². The van der Waals surface area contributed by atoms with E-state index in [0.29, 0.717) is 50.7 Å². The molecule has 0 saturated carbocycles. The summed E-state index contributed by atoms with van der Waals surface area (Å²) in [6, 6.07) is 8.18. The van der Waals surface area contributed by atoms with Gasteiger partial charge in [0.15, 0.2) is 5.82 Å². The van der Waals surface area contributed by atoms with Gasteiger partial charge in [0.05, 0.1) is 17.0 Å². The number of hydrogen-bond donors (Lipinski definition) is 2. The van der Waals surface area contributed by atoms with E-state index in [-0.39, 0.29) is 22.6 Å². The molecule has 5 heterocycles. The van der Waals surface area contributed by atoms with Gasteiger partial charge in [0.1, 0.15) is 23.1 Å². The van der Waals surface area contributed by atoms with E-state index in [1.54, 1.807) is 17.1 Å². The average molecular weight is 537 g/mol. The van der Waals surface area contributed by atoms with E-state index < -0.39 is 11.6 Å². The van der Waals surface area contributed by atoms with E-state index in [2.05, 4.69) is 26.2 Å². The molecule has 2 aromatic carbocycles. The fraction of sp³-hybridized carbons (Fsp3) is 0.258. The van der Waals surface area contributed by atoms with Crippen LogP contribution in [-0.4, -0.2) is 50.0 Å². The lowest BCUT2D eigenvalue weighted by molar-refractivity contribution is 0.464. The maximum absolute atomic E-state index is 16.9. The summed E-state index contributed by atoms with van der Waals surface area (Å²) in [6.45, 7) is 3.36. The van der Waals surface area contributed by atoms with Gasteiger partial charge in [-0.3, -0.25) is 9.67 Å². The number of aryl methyl sites for hydroxylation is 2. The van der Waals surface area contributed by atoms with E-state index in [9.17, 15) is 9.50 Å². The summed E-state index contributed by atoms with van der Waals surface area (Å²) < 4.78 is 33.4. The molecule has 0 amide bonds. The van der Waals surface area contributed by atoms with Gasteiger partial charge in [-0.05, 0) is 55.0 Å². The van der Waals surface area contributed by atoms with Gasteiger partial charge >= 0.3 is 0 Å². The first-order valence-electron chi connectivity index (χ1n) is 13.2. The number of fused-ring (bicyclic) bond motifs is 4. The zero-order valence-electron chi connectivity index (χ0n) is 22.0. The fourth-order valence-electron chi connectivity index (χ4n) is 6.40. The normalized spacial score (nSPS) is 18.5. The van der Waals surface area contributed by atoms with E-state index in [0.717, 1.165) is 31.6 Å². The molecule has 2 fully saturated rings. The Balaban J connectivity index is 1.54. The number of pyridine rings is 2. The van der Waals surface area contributed by atoms with Crippen molar-refractivity contribution in [3.8, 4) is 40.7 Å². The molecule has 7 rings (SSSR count). The molecule has 2 atom stereocenters. The minimum atomic E-state index is -0.599. The van der Waals surface area contributed by atoms with Crippen LogP contribution in [0.5, 0.6) is 5.75 Å². The third kappa shape index (κ3) is 3.63. The van der Waals surface area contributed by atoms with Crippen molar-refractivity contribution in [3.05, 3.63) is 65.5 Å². The summed E-state index contributed by atoms with van der Waals surface area (Å²) in [4.78, 5) is 11.9. The van der Waals surface area contributed by atoms with E-state index in [1.165, 1.54) is 24.3 Å². The Morgan fingerprint density at radius 1 is 1.07 bits per heavy atom. The zero-order valence-corrected chi connectivity index (χ0v) is 22.0. The quantitative estimate of drug-likeness (QED) is 0.314. The predicted octanol–water partition coefficient (Wildman–Crippen LogP) is 5.06. The number of benzene rings is 2. The van der Waals surface area contributed by atoms with E-state index in [4.69, 9.17) is 11.4 Å². The van der Waals surface area contributed by atoms with Crippen molar-refractivity contribution >= 4 is 27.4 Å². The lowest BCUT2D eigenvalue weighted by atomic mass is 9.94. The first kappa shape index (κ1) is 24.5. The number of phenols is 1. The number of nitrogens with zero attached hydrogens (tertiary/aromatic N) is 5. The number of nitrogens with one attached hydrogen (secondary N) is 1. The minimum absolute atomic E-state index is 0.00666. The Morgan fingerprint density at radius 3 is 2.55 bits per heavy atom. The largest absolute Gasteiger partial charge is 0.508 e. The first-order valence-corrected chi connectivity index (χ1v) is 13.2. The van der Waals surface area contributed by atoms with Gasteiger partial charge in [0, 0.05) is 66.3 Å². The number of aromatic hydroxyl groups is 1.